The first-order chi connectivity index (χ1) is 14.1. The average Bonchev–Trinajstić information content (AvgIpc) is 2.76. The molecule has 1 aromatic carbocycles. The Morgan fingerprint density at radius 1 is 1.07 bits per heavy atom. The van der Waals surface area contributed by atoms with Crippen molar-refractivity contribution in [1.29, 1.82) is 0 Å². The van der Waals surface area contributed by atoms with Gasteiger partial charge in [0.15, 0.2) is 11.5 Å². The van der Waals surface area contributed by atoms with E-state index in [2.05, 4.69) is 38.3 Å². The number of amides is 1. The highest BCUT2D eigenvalue weighted by Gasteiger charge is 2.21. The number of hydrogen-bond donors (Lipinski definition) is 1. The second-order valence-corrected chi connectivity index (χ2v) is 7.98. The van der Waals surface area contributed by atoms with Crippen LogP contribution in [0.3, 0.4) is 0 Å². The lowest BCUT2D eigenvalue weighted by atomic mass is 10.1. The van der Waals surface area contributed by atoms with Crippen LogP contribution in [0.25, 0.3) is 0 Å². The summed E-state index contributed by atoms with van der Waals surface area (Å²) in [6.45, 7) is 6.94. The minimum atomic E-state index is -0.169. The summed E-state index contributed by atoms with van der Waals surface area (Å²) in [5.41, 5.74) is 2.76. The van der Waals surface area contributed by atoms with Gasteiger partial charge in [0.1, 0.15) is 0 Å². The molecule has 29 heavy (non-hydrogen) atoms. The van der Waals surface area contributed by atoms with Crippen LogP contribution in [0.4, 0.5) is 11.5 Å². The van der Waals surface area contributed by atoms with Crippen LogP contribution < -0.4 is 15.1 Å². The Morgan fingerprint density at radius 2 is 1.79 bits per heavy atom. The van der Waals surface area contributed by atoms with E-state index in [1.807, 2.05) is 18.2 Å². The third-order valence-electron chi connectivity index (χ3n) is 5.56. The number of aromatic nitrogens is 2. The lowest BCUT2D eigenvalue weighted by Gasteiger charge is -2.37. The molecule has 0 bridgehead atoms. The van der Waals surface area contributed by atoms with Gasteiger partial charge in [-0.15, -0.1) is 10.2 Å². The van der Waals surface area contributed by atoms with Crippen molar-refractivity contribution in [2.75, 3.05) is 49.2 Å². The van der Waals surface area contributed by atoms with E-state index >= 15 is 0 Å². The van der Waals surface area contributed by atoms with Crippen LogP contribution in [-0.2, 0) is 4.74 Å². The number of anilines is 2. The van der Waals surface area contributed by atoms with Gasteiger partial charge in [-0.25, -0.2) is 0 Å². The predicted molar refractivity (Wildman–Crippen MR) is 114 cm³/mol. The van der Waals surface area contributed by atoms with E-state index in [-0.39, 0.29) is 11.9 Å². The number of rotatable bonds is 4. The molecular formula is C21H26ClN5O2. The number of halogens is 1. The molecule has 2 aromatic rings. The number of benzene rings is 1. The summed E-state index contributed by atoms with van der Waals surface area (Å²) in [4.78, 5) is 16.9. The predicted octanol–water partition coefficient (Wildman–Crippen LogP) is 2.67. The van der Waals surface area contributed by atoms with Gasteiger partial charge in [-0.05, 0) is 49.6 Å². The molecule has 0 unspecified atom stereocenters. The van der Waals surface area contributed by atoms with Gasteiger partial charge in [0.2, 0.25) is 0 Å². The second kappa shape index (κ2) is 8.97. The summed E-state index contributed by atoms with van der Waals surface area (Å²) >= 11 is 6.17. The van der Waals surface area contributed by atoms with Gasteiger partial charge in [-0.1, -0.05) is 17.7 Å². The zero-order valence-electron chi connectivity index (χ0n) is 16.6. The van der Waals surface area contributed by atoms with Gasteiger partial charge in [0.05, 0.1) is 0 Å². The Balaban J connectivity index is 1.34. The van der Waals surface area contributed by atoms with E-state index in [9.17, 15) is 4.79 Å². The minimum absolute atomic E-state index is 0.153. The molecule has 1 N–H and O–H groups in total. The number of hydrogen-bond acceptors (Lipinski definition) is 6. The van der Waals surface area contributed by atoms with Crippen molar-refractivity contribution in [2.45, 2.75) is 25.8 Å². The monoisotopic (exact) mass is 415 g/mol. The maximum absolute atomic E-state index is 12.4. The summed E-state index contributed by atoms with van der Waals surface area (Å²) in [5.74, 6) is 0.632. The zero-order chi connectivity index (χ0) is 20.2. The summed E-state index contributed by atoms with van der Waals surface area (Å²) in [5, 5.41) is 12.2. The molecule has 2 aliphatic heterocycles. The van der Waals surface area contributed by atoms with Gasteiger partial charge < -0.3 is 19.9 Å². The topological polar surface area (TPSA) is 70.6 Å². The van der Waals surface area contributed by atoms with Crippen molar-refractivity contribution < 1.29 is 9.53 Å². The Morgan fingerprint density at radius 3 is 2.48 bits per heavy atom. The summed E-state index contributed by atoms with van der Waals surface area (Å²) in [6.07, 6.45) is 1.68. The molecule has 0 aliphatic carbocycles. The molecule has 2 aliphatic rings. The first-order valence-electron chi connectivity index (χ1n) is 10.1. The number of aryl methyl sites for hydroxylation is 1. The number of ether oxygens (including phenoxy) is 1. The van der Waals surface area contributed by atoms with Crippen LogP contribution in [0, 0.1) is 6.92 Å². The highest BCUT2D eigenvalue weighted by atomic mass is 35.5. The Labute approximate surface area is 176 Å². The summed E-state index contributed by atoms with van der Waals surface area (Å²) in [6, 6.07) is 9.79. The van der Waals surface area contributed by atoms with Crippen molar-refractivity contribution >= 4 is 29.0 Å². The lowest BCUT2D eigenvalue weighted by molar-refractivity contribution is 0.0693. The van der Waals surface area contributed by atoms with Crippen LogP contribution in [0.5, 0.6) is 0 Å². The minimum Gasteiger partial charge on any atom is -0.381 e. The number of nitrogens with zero attached hydrogens (tertiary/aromatic N) is 4. The summed E-state index contributed by atoms with van der Waals surface area (Å²) in [7, 11) is 0. The van der Waals surface area contributed by atoms with Crippen LogP contribution in [0.1, 0.15) is 28.9 Å². The van der Waals surface area contributed by atoms with E-state index in [1.165, 1.54) is 11.3 Å². The number of carbonyl (C=O) groups is 1. The molecule has 2 fully saturated rings. The first kappa shape index (κ1) is 19.9. The van der Waals surface area contributed by atoms with Crippen molar-refractivity contribution in [3.05, 3.63) is 46.6 Å². The quantitative estimate of drug-likeness (QED) is 0.827. The van der Waals surface area contributed by atoms with Crippen molar-refractivity contribution in [2.24, 2.45) is 0 Å². The van der Waals surface area contributed by atoms with Gasteiger partial charge in [0.25, 0.3) is 5.91 Å². The third kappa shape index (κ3) is 4.79. The third-order valence-corrected chi connectivity index (χ3v) is 5.79. The van der Waals surface area contributed by atoms with Gasteiger partial charge in [-0.3, -0.25) is 4.79 Å². The molecule has 8 heteroatoms. The highest BCUT2D eigenvalue weighted by molar-refractivity contribution is 6.30. The van der Waals surface area contributed by atoms with Crippen molar-refractivity contribution in [1.82, 2.24) is 15.5 Å². The maximum atomic E-state index is 12.4. The van der Waals surface area contributed by atoms with Crippen LogP contribution >= 0.6 is 11.6 Å². The average molecular weight is 416 g/mol. The van der Waals surface area contributed by atoms with E-state index in [1.54, 1.807) is 6.07 Å². The fraction of sp³-hybridized carbons (Fsp3) is 0.476. The van der Waals surface area contributed by atoms with Crippen LogP contribution in [0.2, 0.25) is 5.02 Å². The smallest absolute Gasteiger partial charge is 0.272 e. The molecule has 0 radical (unpaired) electrons. The molecule has 1 aromatic heterocycles. The Bertz CT molecular complexity index is 847. The molecular weight excluding hydrogens is 390 g/mol. The number of carbonyl (C=O) groups excluding carboxylic acids is 1. The molecule has 154 valence electrons. The van der Waals surface area contributed by atoms with Gasteiger partial charge in [0, 0.05) is 56.1 Å². The van der Waals surface area contributed by atoms with Crippen LogP contribution in [-0.4, -0.2) is 61.5 Å². The first-order valence-corrected chi connectivity index (χ1v) is 10.5. The zero-order valence-corrected chi connectivity index (χ0v) is 17.4. The van der Waals surface area contributed by atoms with Crippen molar-refractivity contribution in [3.63, 3.8) is 0 Å². The number of piperazine rings is 1. The molecule has 0 saturated carbocycles. The van der Waals surface area contributed by atoms with E-state index in [4.69, 9.17) is 16.3 Å². The second-order valence-electron chi connectivity index (χ2n) is 7.54. The van der Waals surface area contributed by atoms with E-state index in [0.29, 0.717) is 18.9 Å². The molecule has 4 rings (SSSR count). The SMILES string of the molecule is Cc1ccc(Cl)cc1N1CCN(c2ccc(C(=O)NC3CCOCC3)nn2)CC1. The molecule has 1 amide bonds. The van der Waals surface area contributed by atoms with E-state index in [0.717, 1.165) is 49.9 Å². The highest BCUT2D eigenvalue weighted by Crippen LogP contribution is 2.26. The molecule has 7 nitrogen and oxygen atoms in total. The van der Waals surface area contributed by atoms with E-state index < -0.39 is 0 Å². The summed E-state index contributed by atoms with van der Waals surface area (Å²) < 4.78 is 5.32. The fourth-order valence-corrected chi connectivity index (χ4v) is 3.98. The fourth-order valence-electron chi connectivity index (χ4n) is 3.82. The van der Waals surface area contributed by atoms with Crippen LogP contribution in [0.15, 0.2) is 30.3 Å². The molecule has 0 spiro atoms. The maximum Gasteiger partial charge on any atom is 0.272 e. The Hall–Kier alpha value is -2.38. The van der Waals surface area contributed by atoms with Gasteiger partial charge >= 0.3 is 0 Å². The number of nitrogens with one attached hydrogen (secondary N) is 1. The molecule has 0 atom stereocenters. The lowest BCUT2D eigenvalue weighted by Crippen LogP contribution is -2.47. The van der Waals surface area contributed by atoms with Crippen molar-refractivity contribution in [3.8, 4) is 0 Å². The van der Waals surface area contributed by atoms with Gasteiger partial charge in [-0.2, -0.15) is 0 Å². The molecule has 3 heterocycles. The standard InChI is InChI=1S/C21H26ClN5O2/c1-15-2-3-16(22)14-19(15)26-8-10-27(11-9-26)20-5-4-18(24-25-20)21(28)23-17-6-12-29-13-7-17/h2-5,14,17H,6-13H2,1H3,(H,23,28). The normalized spacial score (nSPS) is 18.0. The Kier molecular flexibility index (Phi) is 6.16. The largest absolute Gasteiger partial charge is 0.381 e. The molecule has 2 saturated heterocycles.